The predicted molar refractivity (Wildman–Crippen MR) is 156 cm³/mol. The number of aromatic nitrogens is 1. The summed E-state index contributed by atoms with van der Waals surface area (Å²) in [4.78, 5) is 34.8. The summed E-state index contributed by atoms with van der Waals surface area (Å²) >= 11 is 0. The molecule has 4 rings (SSSR count). The minimum Gasteiger partial charge on any atom is -0.494 e. The van der Waals surface area contributed by atoms with Gasteiger partial charge in [-0.25, -0.2) is 9.18 Å². The molecule has 224 valence electrons. The summed E-state index contributed by atoms with van der Waals surface area (Å²) in [6.45, 7) is 7.39. The largest absolute Gasteiger partial charge is 0.494 e. The van der Waals surface area contributed by atoms with Crippen molar-refractivity contribution in [3.8, 4) is 5.75 Å². The van der Waals surface area contributed by atoms with Crippen LogP contribution in [0.25, 0.3) is 0 Å². The average molecular weight is 569 g/mol. The fourth-order valence-electron chi connectivity index (χ4n) is 5.55. The third-order valence-electron chi connectivity index (χ3n) is 7.95. The number of urea groups is 1. The first kappa shape index (κ1) is 30.8. The maximum absolute atomic E-state index is 14.7. The number of fused-ring (bicyclic) bond motifs is 1. The lowest BCUT2D eigenvalue weighted by Crippen LogP contribution is -2.38. The molecule has 0 saturated carbocycles. The van der Waals surface area contributed by atoms with E-state index in [0.717, 1.165) is 37.8 Å². The van der Waals surface area contributed by atoms with Crippen LogP contribution in [0.2, 0.25) is 0 Å². The molecule has 1 N–H and O–H groups in total. The van der Waals surface area contributed by atoms with E-state index < -0.39 is 11.9 Å². The molecule has 0 bridgehead atoms. The Balaban J connectivity index is 1.35. The Labute approximate surface area is 243 Å². The van der Waals surface area contributed by atoms with Crippen LogP contribution in [-0.4, -0.2) is 73.2 Å². The number of pyridine rings is 1. The van der Waals surface area contributed by atoms with Crippen LogP contribution in [0, 0.1) is 11.7 Å². The van der Waals surface area contributed by atoms with Crippen LogP contribution < -0.4 is 10.1 Å². The van der Waals surface area contributed by atoms with Crippen molar-refractivity contribution in [2.75, 3.05) is 46.5 Å². The van der Waals surface area contributed by atoms with Gasteiger partial charge in [0.2, 0.25) is 5.91 Å². The van der Waals surface area contributed by atoms with E-state index >= 15 is 0 Å². The highest BCUT2D eigenvalue weighted by molar-refractivity contribution is 5.80. The molecule has 1 aliphatic heterocycles. The monoisotopic (exact) mass is 568 g/mol. The van der Waals surface area contributed by atoms with Gasteiger partial charge >= 0.3 is 6.03 Å². The zero-order valence-electron chi connectivity index (χ0n) is 24.8. The molecule has 1 saturated heterocycles. The maximum atomic E-state index is 14.7. The second-order valence-electron chi connectivity index (χ2n) is 11.4. The number of hydrogen-bond donors (Lipinski definition) is 1. The van der Waals surface area contributed by atoms with E-state index in [1.165, 1.54) is 37.3 Å². The number of aryl methyl sites for hydroxylation is 3. The van der Waals surface area contributed by atoms with Gasteiger partial charge in [0.15, 0.2) is 11.6 Å². The molecule has 1 atom stereocenters. The summed E-state index contributed by atoms with van der Waals surface area (Å²) in [5.41, 5.74) is 4.24. The summed E-state index contributed by atoms with van der Waals surface area (Å²) in [5.74, 6) is -0.0350. The van der Waals surface area contributed by atoms with Gasteiger partial charge in [-0.15, -0.1) is 0 Å². The van der Waals surface area contributed by atoms with Crippen molar-refractivity contribution in [3.05, 3.63) is 58.7 Å². The van der Waals surface area contributed by atoms with Crippen molar-refractivity contribution in [1.29, 1.82) is 0 Å². The van der Waals surface area contributed by atoms with E-state index in [2.05, 4.69) is 31.3 Å². The van der Waals surface area contributed by atoms with Gasteiger partial charge in [0.05, 0.1) is 26.2 Å². The number of nitrogens with one attached hydrogen (secondary N) is 1. The fourth-order valence-corrected chi connectivity index (χ4v) is 5.55. The van der Waals surface area contributed by atoms with Crippen molar-refractivity contribution in [3.63, 3.8) is 0 Å². The van der Waals surface area contributed by atoms with Gasteiger partial charge in [0.1, 0.15) is 0 Å². The van der Waals surface area contributed by atoms with Crippen molar-refractivity contribution in [2.24, 2.45) is 5.92 Å². The van der Waals surface area contributed by atoms with Crippen molar-refractivity contribution >= 4 is 11.9 Å². The quantitative estimate of drug-likeness (QED) is 0.303. The summed E-state index contributed by atoms with van der Waals surface area (Å²) in [6.07, 6.45) is 7.23. The number of benzene rings is 1. The van der Waals surface area contributed by atoms with Crippen LogP contribution in [0.5, 0.6) is 5.75 Å². The smallest absolute Gasteiger partial charge is 0.320 e. The molecule has 0 radical (unpaired) electrons. The van der Waals surface area contributed by atoms with E-state index in [4.69, 9.17) is 14.5 Å². The molecule has 8 nitrogen and oxygen atoms in total. The number of methoxy groups -OCH3 is 1. The first-order valence-corrected chi connectivity index (χ1v) is 15.1. The van der Waals surface area contributed by atoms with Gasteiger partial charge in [-0.1, -0.05) is 26.0 Å². The Bertz CT molecular complexity index is 1170. The van der Waals surface area contributed by atoms with E-state index in [9.17, 15) is 14.0 Å². The van der Waals surface area contributed by atoms with Gasteiger partial charge in [0.25, 0.3) is 0 Å². The van der Waals surface area contributed by atoms with Crippen molar-refractivity contribution < 1.29 is 23.5 Å². The highest BCUT2D eigenvalue weighted by atomic mass is 19.1. The zero-order valence-corrected chi connectivity index (χ0v) is 24.8. The average Bonchev–Trinajstić information content (AvgIpc) is 3.32. The lowest BCUT2D eigenvalue weighted by Gasteiger charge is -2.28. The lowest BCUT2D eigenvalue weighted by atomic mass is 9.95. The number of hydrogen-bond acceptors (Lipinski definition) is 5. The molecule has 2 aromatic rings. The number of rotatable bonds is 15. The third-order valence-corrected chi connectivity index (χ3v) is 7.95. The molecule has 3 amide bonds. The van der Waals surface area contributed by atoms with Crippen LogP contribution in [0.1, 0.15) is 74.5 Å². The van der Waals surface area contributed by atoms with E-state index in [1.807, 2.05) is 4.90 Å². The second-order valence-corrected chi connectivity index (χ2v) is 11.4. The predicted octanol–water partition coefficient (Wildman–Crippen LogP) is 5.09. The Morgan fingerprint density at radius 2 is 1.95 bits per heavy atom. The SMILES string of the molecule is COc1ccc([C@H](CC(=O)NCCOCCC(C)C)N2CCN(CCCc3ccc4c(n3)CCCC4)C2=O)cc1F. The summed E-state index contributed by atoms with van der Waals surface area (Å²) < 4.78 is 25.3. The van der Waals surface area contributed by atoms with Gasteiger partial charge in [0, 0.05) is 44.2 Å². The molecule has 1 aliphatic carbocycles. The number of amides is 3. The van der Waals surface area contributed by atoms with Gasteiger partial charge < -0.3 is 24.6 Å². The standard InChI is InChI=1S/C32H45FN4O4/c1-23(2)14-19-41-20-15-34-31(38)22-29(25-11-13-30(40-3)27(33)21-25)37-18-17-36(32(37)39)16-6-8-26-12-10-24-7-4-5-9-28(24)35-26/h10-13,21,23,29H,4-9,14-20,22H2,1-3H3,(H,34,38)/t29-/m0/s1. The van der Waals surface area contributed by atoms with Crippen molar-refractivity contribution in [2.45, 2.75) is 71.3 Å². The number of halogens is 1. The zero-order chi connectivity index (χ0) is 29.2. The summed E-state index contributed by atoms with van der Waals surface area (Å²) in [5, 5.41) is 2.89. The Morgan fingerprint density at radius 3 is 2.73 bits per heavy atom. The Morgan fingerprint density at radius 1 is 1.12 bits per heavy atom. The van der Waals surface area contributed by atoms with Crippen LogP contribution >= 0.6 is 0 Å². The van der Waals surface area contributed by atoms with E-state index in [-0.39, 0.29) is 24.1 Å². The minimum absolute atomic E-state index is 0.0381. The molecule has 2 aliphatic rings. The van der Waals surface area contributed by atoms with Crippen LogP contribution in [0.15, 0.2) is 30.3 Å². The molecule has 41 heavy (non-hydrogen) atoms. The minimum atomic E-state index is -0.586. The molecule has 0 spiro atoms. The molecule has 0 unspecified atom stereocenters. The van der Waals surface area contributed by atoms with E-state index in [0.29, 0.717) is 50.9 Å². The molecule has 1 aromatic heterocycles. The highest BCUT2D eigenvalue weighted by Crippen LogP contribution is 2.31. The second kappa shape index (κ2) is 15.1. The Hall–Kier alpha value is -3.20. The first-order valence-electron chi connectivity index (χ1n) is 15.1. The molecule has 1 fully saturated rings. The summed E-state index contributed by atoms with van der Waals surface area (Å²) in [7, 11) is 1.41. The van der Waals surface area contributed by atoms with Gasteiger partial charge in [-0.3, -0.25) is 9.78 Å². The molecule has 1 aromatic carbocycles. The van der Waals surface area contributed by atoms with Crippen molar-refractivity contribution in [1.82, 2.24) is 20.1 Å². The number of carbonyl (C=O) groups is 2. The van der Waals surface area contributed by atoms with Gasteiger partial charge in [-0.2, -0.15) is 0 Å². The van der Waals surface area contributed by atoms with Gasteiger partial charge in [-0.05, 0) is 80.2 Å². The first-order chi connectivity index (χ1) is 19.9. The van der Waals surface area contributed by atoms with Crippen LogP contribution in [-0.2, 0) is 28.8 Å². The molecule has 9 heteroatoms. The fraction of sp³-hybridized carbons (Fsp3) is 0.594. The van der Waals surface area contributed by atoms with Crippen LogP contribution in [0.3, 0.4) is 0 Å². The molecule has 2 heterocycles. The number of nitrogens with zero attached hydrogens (tertiary/aromatic N) is 3. The third kappa shape index (κ3) is 8.64. The normalized spacial score (nSPS) is 15.8. The molecular formula is C32H45FN4O4. The number of carbonyl (C=O) groups excluding carboxylic acids is 2. The number of ether oxygens (including phenoxy) is 2. The Kier molecular flexibility index (Phi) is 11.4. The van der Waals surface area contributed by atoms with E-state index in [1.54, 1.807) is 17.0 Å². The topological polar surface area (TPSA) is 84.0 Å². The molecular weight excluding hydrogens is 523 g/mol. The van der Waals surface area contributed by atoms with Crippen LogP contribution in [0.4, 0.5) is 9.18 Å². The highest BCUT2D eigenvalue weighted by Gasteiger charge is 2.35. The maximum Gasteiger partial charge on any atom is 0.320 e. The lowest BCUT2D eigenvalue weighted by molar-refractivity contribution is -0.122. The summed E-state index contributed by atoms with van der Waals surface area (Å²) in [6, 6.07) is 8.25.